The zero-order chi connectivity index (χ0) is 29.9. The number of nitrogens with one attached hydrogen (secondary N) is 2. The Hall–Kier alpha value is -2.96. The number of carboxylic acids is 1. The average molecular weight is 644 g/mol. The Morgan fingerprint density at radius 3 is 2.71 bits per heavy atom. The molecule has 0 aliphatic carbocycles. The standard InChI is InChI=1S/C23H29N7O7S4/c1-6-36-29-13(12-7-38-19(24-12)26-20(35)37-22(3,4)5)15(31)25-14-16(32)30-8-23(18(33)34,9-39-17(14)30)10-40-21-28-27-11(2)41-21/h7,14,17H,6,8-10H2,1-5H3,(H,25,31)(H,33,34)(H,24,26,35)/t14?,17-,23?/m1/s1. The number of aliphatic carboxylic acids is 1. The van der Waals surface area contributed by atoms with Crippen LogP contribution >= 0.6 is 46.2 Å². The number of oxime groups is 1. The number of carbonyl (C=O) groups is 4. The van der Waals surface area contributed by atoms with Crippen molar-refractivity contribution in [3.8, 4) is 0 Å². The van der Waals surface area contributed by atoms with Gasteiger partial charge in [-0.1, -0.05) is 28.3 Å². The van der Waals surface area contributed by atoms with Crippen molar-refractivity contribution < 1.29 is 33.9 Å². The van der Waals surface area contributed by atoms with E-state index in [1.54, 1.807) is 27.7 Å². The van der Waals surface area contributed by atoms with E-state index < -0.39 is 40.4 Å². The van der Waals surface area contributed by atoms with Crippen LogP contribution in [0.2, 0.25) is 0 Å². The van der Waals surface area contributed by atoms with Crippen LogP contribution in [-0.4, -0.2) is 96.5 Å². The summed E-state index contributed by atoms with van der Waals surface area (Å²) in [5, 5.41) is 29.2. The lowest BCUT2D eigenvalue weighted by Gasteiger charge is -2.53. The molecule has 2 aliphatic rings. The summed E-state index contributed by atoms with van der Waals surface area (Å²) < 4.78 is 5.89. The molecule has 0 spiro atoms. The van der Waals surface area contributed by atoms with Crippen LogP contribution in [0.5, 0.6) is 0 Å². The van der Waals surface area contributed by atoms with E-state index in [2.05, 4.69) is 31.0 Å². The molecule has 222 valence electrons. The fourth-order valence-electron chi connectivity index (χ4n) is 3.82. The minimum atomic E-state index is -1.17. The molecule has 3 amide bonds. The molecule has 14 nitrogen and oxygen atoms in total. The first kappa shape index (κ1) is 31.0. The number of β-lactam (4-membered cyclic amide) rings is 1. The maximum atomic E-state index is 13.2. The van der Waals surface area contributed by atoms with E-state index in [9.17, 15) is 24.3 Å². The van der Waals surface area contributed by atoms with Crippen molar-refractivity contribution in [3.63, 3.8) is 0 Å². The molecule has 41 heavy (non-hydrogen) atoms. The fraction of sp³-hybridized carbons (Fsp3) is 0.565. The number of carboxylic acid groups (broad SMARTS) is 1. The number of anilines is 1. The van der Waals surface area contributed by atoms with E-state index >= 15 is 0 Å². The summed E-state index contributed by atoms with van der Waals surface area (Å²) in [6, 6.07) is -0.873. The van der Waals surface area contributed by atoms with Crippen LogP contribution < -0.4 is 10.6 Å². The van der Waals surface area contributed by atoms with Gasteiger partial charge >= 0.3 is 12.1 Å². The van der Waals surface area contributed by atoms with Crippen molar-refractivity contribution >= 4 is 80.9 Å². The maximum Gasteiger partial charge on any atom is 0.413 e. The van der Waals surface area contributed by atoms with Gasteiger partial charge in [-0.05, 0) is 34.6 Å². The molecule has 2 unspecified atom stereocenters. The number of aromatic nitrogens is 3. The normalized spacial score (nSPS) is 22.4. The van der Waals surface area contributed by atoms with Crippen molar-refractivity contribution in [2.24, 2.45) is 10.6 Å². The molecule has 0 radical (unpaired) electrons. The van der Waals surface area contributed by atoms with Crippen LogP contribution in [0.25, 0.3) is 0 Å². The minimum absolute atomic E-state index is 0.0155. The molecule has 0 bridgehead atoms. The summed E-state index contributed by atoms with van der Waals surface area (Å²) in [5.74, 6) is -1.60. The highest BCUT2D eigenvalue weighted by Gasteiger charge is 2.57. The summed E-state index contributed by atoms with van der Waals surface area (Å²) in [7, 11) is 0. The van der Waals surface area contributed by atoms with E-state index in [1.807, 2.05) is 6.92 Å². The number of rotatable bonds is 10. The van der Waals surface area contributed by atoms with E-state index in [0.717, 1.165) is 16.3 Å². The topological polar surface area (TPSA) is 185 Å². The van der Waals surface area contributed by atoms with E-state index in [1.165, 1.54) is 45.1 Å². The van der Waals surface area contributed by atoms with Gasteiger partial charge in [0.05, 0.1) is 0 Å². The molecule has 2 aromatic rings. The largest absolute Gasteiger partial charge is 0.481 e. The van der Waals surface area contributed by atoms with Crippen LogP contribution in [0.4, 0.5) is 9.93 Å². The Balaban J connectivity index is 1.41. The average Bonchev–Trinajstić information content (AvgIpc) is 3.53. The second-order valence-electron chi connectivity index (χ2n) is 10.1. The number of hydrogen-bond acceptors (Lipinski definition) is 14. The number of hydrogen-bond donors (Lipinski definition) is 3. The summed E-state index contributed by atoms with van der Waals surface area (Å²) in [4.78, 5) is 61.5. The molecule has 2 aliphatic heterocycles. The molecule has 3 atom stereocenters. The molecule has 4 rings (SSSR count). The second kappa shape index (κ2) is 12.5. The van der Waals surface area contributed by atoms with Crippen LogP contribution in [-0.2, 0) is 24.0 Å². The maximum absolute atomic E-state index is 13.2. The van der Waals surface area contributed by atoms with Gasteiger partial charge < -0.3 is 24.9 Å². The Labute approximate surface area is 252 Å². The number of aryl methyl sites for hydroxylation is 1. The monoisotopic (exact) mass is 643 g/mol. The molecular weight excluding hydrogens is 615 g/mol. The van der Waals surface area contributed by atoms with Crippen molar-refractivity contribution in [2.45, 2.75) is 56.0 Å². The van der Waals surface area contributed by atoms with Crippen molar-refractivity contribution in [1.82, 2.24) is 25.4 Å². The van der Waals surface area contributed by atoms with Gasteiger partial charge in [-0.15, -0.1) is 33.3 Å². The summed E-state index contributed by atoms with van der Waals surface area (Å²) in [6.07, 6.45) is -0.699. The molecular formula is C23H29N7O7S4. The Bertz CT molecular complexity index is 1360. The lowest BCUT2D eigenvalue weighted by Crippen LogP contribution is -2.74. The predicted molar refractivity (Wildman–Crippen MR) is 155 cm³/mol. The molecule has 18 heteroatoms. The molecule has 2 fully saturated rings. The first-order valence-electron chi connectivity index (χ1n) is 12.4. The molecule has 3 N–H and O–H groups in total. The van der Waals surface area contributed by atoms with Gasteiger partial charge in [-0.3, -0.25) is 19.7 Å². The third-order valence-electron chi connectivity index (χ3n) is 5.72. The predicted octanol–water partition coefficient (Wildman–Crippen LogP) is 2.65. The molecule has 2 saturated heterocycles. The van der Waals surface area contributed by atoms with Gasteiger partial charge in [-0.25, -0.2) is 9.78 Å². The highest BCUT2D eigenvalue weighted by molar-refractivity contribution is 8.01. The number of amides is 3. The molecule has 4 heterocycles. The Morgan fingerprint density at radius 1 is 1.32 bits per heavy atom. The lowest BCUT2D eigenvalue weighted by atomic mass is 9.89. The first-order valence-corrected chi connectivity index (χ1v) is 16.1. The third kappa shape index (κ3) is 7.28. The highest BCUT2D eigenvalue weighted by atomic mass is 32.2. The summed E-state index contributed by atoms with van der Waals surface area (Å²) >= 11 is 5.05. The number of fused-ring (bicyclic) bond motifs is 1. The number of carbonyl (C=O) groups excluding carboxylic acids is 3. The van der Waals surface area contributed by atoms with Crippen molar-refractivity contribution in [3.05, 3.63) is 16.1 Å². The van der Waals surface area contributed by atoms with E-state index in [4.69, 9.17) is 9.57 Å². The molecule has 2 aromatic heterocycles. The quantitative estimate of drug-likeness (QED) is 0.149. The minimum Gasteiger partial charge on any atom is -0.481 e. The fourth-order valence-corrected chi connectivity index (χ4v) is 8.17. The SMILES string of the molecule is CCON=C(C(=O)NC1C(=O)N2CC(CSc3nnc(C)s3)(C(=O)O)CS[C@H]12)c1csc(NC(=O)OC(C)(C)C)n1. The number of nitrogens with zero attached hydrogens (tertiary/aromatic N) is 5. The van der Waals surface area contributed by atoms with E-state index in [0.29, 0.717) is 4.34 Å². The number of ether oxygens (including phenoxy) is 1. The van der Waals surface area contributed by atoms with Crippen molar-refractivity contribution in [1.29, 1.82) is 0 Å². The van der Waals surface area contributed by atoms with Gasteiger partial charge in [0.1, 0.15) is 39.7 Å². The van der Waals surface area contributed by atoms with Gasteiger partial charge in [0.15, 0.2) is 15.2 Å². The van der Waals surface area contributed by atoms with Gasteiger partial charge in [0.25, 0.3) is 5.91 Å². The Morgan fingerprint density at radius 2 is 2.07 bits per heavy atom. The molecule has 0 saturated carbocycles. The lowest BCUT2D eigenvalue weighted by molar-refractivity contribution is -0.157. The first-order chi connectivity index (χ1) is 19.3. The third-order valence-corrected chi connectivity index (χ3v) is 10.3. The van der Waals surface area contributed by atoms with Crippen LogP contribution in [0.3, 0.4) is 0 Å². The zero-order valence-electron chi connectivity index (χ0n) is 22.8. The van der Waals surface area contributed by atoms with Crippen LogP contribution in [0, 0.1) is 12.3 Å². The van der Waals surface area contributed by atoms with E-state index in [-0.39, 0.29) is 47.1 Å². The van der Waals surface area contributed by atoms with Gasteiger partial charge in [0, 0.05) is 23.4 Å². The Kier molecular flexibility index (Phi) is 9.45. The number of thioether (sulfide) groups is 2. The highest BCUT2D eigenvalue weighted by Crippen LogP contribution is 2.44. The summed E-state index contributed by atoms with van der Waals surface area (Å²) in [6.45, 7) is 8.90. The number of thiazole rings is 1. The van der Waals surface area contributed by atoms with Gasteiger partial charge in [-0.2, -0.15) is 0 Å². The van der Waals surface area contributed by atoms with Crippen molar-refractivity contribution in [2.75, 3.05) is 30.0 Å². The van der Waals surface area contributed by atoms with Gasteiger partial charge in [0.2, 0.25) is 5.91 Å². The zero-order valence-corrected chi connectivity index (χ0v) is 26.1. The summed E-state index contributed by atoms with van der Waals surface area (Å²) in [5.41, 5.74) is -1.90. The smallest absolute Gasteiger partial charge is 0.413 e. The second-order valence-corrected chi connectivity index (χ2v) is 14.5. The van der Waals surface area contributed by atoms with Crippen LogP contribution in [0.15, 0.2) is 14.9 Å². The molecule has 0 aromatic carbocycles. The van der Waals surface area contributed by atoms with Crippen LogP contribution in [0.1, 0.15) is 38.4 Å².